The zero-order valence-corrected chi connectivity index (χ0v) is 11.3. The highest BCUT2D eigenvalue weighted by Gasteiger charge is 2.41. The van der Waals surface area contributed by atoms with E-state index in [0.29, 0.717) is 6.29 Å². The summed E-state index contributed by atoms with van der Waals surface area (Å²) in [5, 5.41) is 11.4. The quantitative estimate of drug-likeness (QED) is 0.814. The summed E-state index contributed by atoms with van der Waals surface area (Å²) in [6.07, 6.45) is -1.04. The molecule has 2 rings (SSSR count). The van der Waals surface area contributed by atoms with Gasteiger partial charge < -0.3 is 24.9 Å². The number of rotatable bonds is 4. The Morgan fingerprint density at radius 3 is 2.67 bits per heavy atom. The van der Waals surface area contributed by atoms with Crippen LogP contribution in [-0.2, 0) is 16.1 Å². The number of ether oxygens (including phenoxy) is 1. The van der Waals surface area contributed by atoms with Crippen molar-refractivity contribution in [1.82, 2.24) is 10.2 Å². The maximum absolute atomic E-state index is 11.8. The molecule has 1 aliphatic heterocycles. The van der Waals surface area contributed by atoms with Crippen molar-refractivity contribution >= 4 is 18.5 Å². The zero-order chi connectivity index (χ0) is 15.3. The fourth-order valence-electron chi connectivity index (χ4n) is 2.19. The Balaban J connectivity index is 1.89. The molecule has 1 aromatic rings. The number of alkyl carbamates (subject to hydrolysis) is 1. The van der Waals surface area contributed by atoms with Crippen LogP contribution in [0.2, 0.25) is 0 Å². The van der Waals surface area contributed by atoms with E-state index >= 15 is 0 Å². The van der Waals surface area contributed by atoms with Crippen molar-refractivity contribution in [2.24, 2.45) is 0 Å². The molecule has 1 aromatic carbocycles. The van der Waals surface area contributed by atoms with Gasteiger partial charge in [0.05, 0.1) is 6.54 Å². The van der Waals surface area contributed by atoms with Gasteiger partial charge in [0.25, 0.3) is 0 Å². The van der Waals surface area contributed by atoms with E-state index in [2.05, 4.69) is 5.32 Å². The van der Waals surface area contributed by atoms with E-state index in [9.17, 15) is 14.4 Å². The molecule has 1 atom stereocenters. The second-order valence-electron chi connectivity index (χ2n) is 4.91. The normalized spacial score (nSPS) is 20.9. The van der Waals surface area contributed by atoms with Gasteiger partial charge in [0.2, 0.25) is 0 Å². The molecule has 0 saturated carbocycles. The molecular formula is C14H16N2O5. The second-order valence-corrected chi connectivity index (χ2v) is 4.91. The Labute approximate surface area is 121 Å². The van der Waals surface area contributed by atoms with Gasteiger partial charge in [-0.25, -0.2) is 9.59 Å². The third-order valence-corrected chi connectivity index (χ3v) is 3.36. The first-order chi connectivity index (χ1) is 10.0. The first-order valence-electron chi connectivity index (χ1n) is 6.48. The molecule has 0 radical (unpaired) electrons. The molecule has 7 heteroatoms. The summed E-state index contributed by atoms with van der Waals surface area (Å²) in [6, 6.07) is 9.12. The van der Waals surface area contributed by atoms with Gasteiger partial charge in [0, 0.05) is 6.54 Å². The van der Waals surface area contributed by atoms with Crippen LogP contribution < -0.4 is 5.32 Å². The Bertz CT molecular complexity index is 533. The first-order valence-corrected chi connectivity index (χ1v) is 6.48. The van der Waals surface area contributed by atoms with Crippen LogP contribution >= 0.6 is 0 Å². The lowest BCUT2D eigenvalue weighted by Gasteiger charge is -2.23. The lowest BCUT2D eigenvalue weighted by molar-refractivity contribution is -0.112. The lowest BCUT2D eigenvalue weighted by Crippen LogP contribution is -2.52. The largest absolute Gasteiger partial charge is 0.465 e. The first kappa shape index (κ1) is 14.8. The number of amides is 2. The predicted octanol–water partition coefficient (Wildman–Crippen LogP) is 1.23. The summed E-state index contributed by atoms with van der Waals surface area (Å²) in [5.41, 5.74) is -0.377. The summed E-state index contributed by atoms with van der Waals surface area (Å²) in [5.74, 6) is 0. The van der Waals surface area contributed by atoms with E-state index in [1.807, 2.05) is 30.3 Å². The second kappa shape index (κ2) is 6.25. The summed E-state index contributed by atoms with van der Waals surface area (Å²) in [7, 11) is 0. The minimum absolute atomic E-state index is 0.0632. The molecule has 1 fully saturated rings. The number of hydrogen-bond acceptors (Lipinski definition) is 4. The number of benzene rings is 1. The maximum atomic E-state index is 11.8. The van der Waals surface area contributed by atoms with Crippen molar-refractivity contribution in [3.05, 3.63) is 35.9 Å². The van der Waals surface area contributed by atoms with Crippen LogP contribution in [0.5, 0.6) is 0 Å². The number of nitrogens with one attached hydrogen (secondary N) is 1. The fraction of sp³-hybridized carbons (Fsp3) is 0.357. The molecule has 21 heavy (non-hydrogen) atoms. The Hall–Kier alpha value is -2.57. The van der Waals surface area contributed by atoms with Crippen molar-refractivity contribution in [2.75, 3.05) is 13.1 Å². The molecule has 2 N–H and O–H groups in total. The van der Waals surface area contributed by atoms with Crippen molar-refractivity contribution < 1.29 is 24.2 Å². The van der Waals surface area contributed by atoms with E-state index in [-0.39, 0.29) is 26.1 Å². The number of aldehydes is 1. The maximum Gasteiger partial charge on any atom is 0.408 e. The molecule has 0 aliphatic carbocycles. The zero-order valence-electron chi connectivity index (χ0n) is 11.3. The van der Waals surface area contributed by atoms with Gasteiger partial charge in [-0.2, -0.15) is 0 Å². The van der Waals surface area contributed by atoms with Crippen LogP contribution in [0.15, 0.2) is 30.3 Å². The summed E-state index contributed by atoms with van der Waals surface area (Å²) < 4.78 is 5.04. The van der Waals surface area contributed by atoms with Crippen LogP contribution in [0.1, 0.15) is 12.0 Å². The van der Waals surface area contributed by atoms with Gasteiger partial charge >= 0.3 is 12.2 Å². The SMILES string of the molecule is O=C[C@]1(NC(=O)OCc2ccccc2)CCN(C(=O)O)C1. The van der Waals surface area contributed by atoms with Crippen molar-refractivity contribution in [3.63, 3.8) is 0 Å². The van der Waals surface area contributed by atoms with Crippen LogP contribution in [-0.4, -0.2) is 47.1 Å². The summed E-state index contributed by atoms with van der Waals surface area (Å²) >= 11 is 0. The van der Waals surface area contributed by atoms with E-state index < -0.39 is 17.7 Å². The molecule has 0 bridgehead atoms. The van der Waals surface area contributed by atoms with Crippen LogP contribution in [0.4, 0.5) is 9.59 Å². The molecule has 1 heterocycles. The van der Waals surface area contributed by atoms with Gasteiger partial charge in [-0.15, -0.1) is 0 Å². The summed E-state index contributed by atoms with van der Waals surface area (Å²) in [4.78, 5) is 34.9. The van der Waals surface area contributed by atoms with Crippen molar-refractivity contribution in [3.8, 4) is 0 Å². The highest BCUT2D eigenvalue weighted by molar-refractivity contribution is 5.78. The average molecular weight is 292 g/mol. The van der Waals surface area contributed by atoms with Crippen molar-refractivity contribution in [1.29, 1.82) is 0 Å². The van der Waals surface area contributed by atoms with Gasteiger partial charge in [-0.05, 0) is 12.0 Å². The van der Waals surface area contributed by atoms with E-state index in [1.54, 1.807) is 0 Å². The molecule has 0 aromatic heterocycles. The highest BCUT2D eigenvalue weighted by atomic mass is 16.5. The monoisotopic (exact) mass is 292 g/mol. The standard InChI is InChI=1S/C14H16N2O5/c17-10-14(6-7-16(9-14)13(19)20)15-12(18)21-8-11-4-2-1-3-5-11/h1-5,10H,6-9H2,(H,15,18)(H,19,20)/t14-/m0/s1. The Morgan fingerprint density at radius 1 is 1.38 bits per heavy atom. The number of carbonyl (C=O) groups is 3. The predicted molar refractivity (Wildman–Crippen MR) is 72.8 cm³/mol. The fourth-order valence-corrected chi connectivity index (χ4v) is 2.19. The highest BCUT2D eigenvalue weighted by Crippen LogP contribution is 2.19. The van der Waals surface area contributed by atoms with Crippen LogP contribution in [0, 0.1) is 0 Å². The number of carboxylic acid groups (broad SMARTS) is 1. The molecule has 7 nitrogen and oxygen atoms in total. The minimum atomic E-state index is -1.20. The third-order valence-electron chi connectivity index (χ3n) is 3.36. The smallest absolute Gasteiger partial charge is 0.408 e. The number of carbonyl (C=O) groups excluding carboxylic acids is 2. The van der Waals surface area contributed by atoms with Crippen LogP contribution in [0.25, 0.3) is 0 Å². The van der Waals surface area contributed by atoms with Gasteiger partial charge in [-0.3, -0.25) is 0 Å². The molecule has 2 amide bonds. The van der Waals surface area contributed by atoms with Gasteiger partial charge in [0.15, 0.2) is 0 Å². The lowest BCUT2D eigenvalue weighted by atomic mass is 10.0. The van der Waals surface area contributed by atoms with Gasteiger partial charge in [-0.1, -0.05) is 30.3 Å². The van der Waals surface area contributed by atoms with Crippen molar-refractivity contribution in [2.45, 2.75) is 18.6 Å². The van der Waals surface area contributed by atoms with Crippen LogP contribution in [0.3, 0.4) is 0 Å². The third kappa shape index (κ3) is 3.71. The molecular weight excluding hydrogens is 276 g/mol. The number of nitrogens with zero attached hydrogens (tertiary/aromatic N) is 1. The molecule has 0 spiro atoms. The summed E-state index contributed by atoms with van der Waals surface area (Å²) in [6.45, 7) is 0.226. The van der Waals surface area contributed by atoms with E-state index in [4.69, 9.17) is 9.84 Å². The van der Waals surface area contributed by atoms with E-state index in [0.717, 1.165) is 10.5 Å². The number of hydrogen-bond donors (Lipinski definition) is 2. The average Bonchev–Trinajstić information content (AvgIpc) is 2.91. The molecule has 1 saturated heterocycles. The number of likely N-dealkylation sites (tertiary alicyclic amines) is 1. The molecule has 0 unspecified atom stereocenters. The minimum Gasteiger partial charge on any atom is -0.465 e. The van der Waals surface area contributed by atoms with Gasteiger partial charge in [0.1, 0.15) is 18.4 Å². The van der Waals surface area contributed by atoms with E-state index in [1.165, 1.54) is 0 Å². The topological polar surface area (TPSA) is 95.9 Å². The Kier molecular flexibility index (Phi) is 4.42. The Morgan fingerprint density at radius 2 is 2.10 bits per heavy atom. The molecule has 1 aliphatic rings. The molecule has 112 valence electrons.